The molecule has 4 heteroatoms. The Balaban J connectivity index is 0.968. The van der Waals surface area contributed by atoms with E-state index >= 15 is 0 Å². The lowest BCUT2D eigenvalue weighted by Gasteiger charge is -2.33. The van der Waals surface area contributed by atoms with Crippen LogP contribution in [0, 0.1) is 0 Å². The van der Waals surface area contributed by atoms with E-state index < -0.39 is 0 Å². The molecule has 4 nitrogen and oxygen atoms in total. The molecule has 3 aromatic heterocycles. The number of nitrogens with one attached hydrogen (secondary N) is 2. The van der Waals surface area contributed by atoms with Crippen molar-refractivity contribution in [1.29, 1.82) is 0 Å². The number of benzene rings is 8. The second kappa shape index (κ2) is 39.5. The summed E-state index contributed by atoms with van der Waals surface area (Å²) in [5.41, 5.74) is 40.3. The van der Waals surface area contributed by atoms with Gasteiger partial charge in [0.2, 0.25) is 0 Å². The van der Waals surface area contributed by atoms with Crippen molar-refractivity contribution in [3.05, 3.63) is 261 Å². The highest BCUT2D eigenvalue weighted by Crippen LogP contribution is 2.61. The van der Waals surface area contributed by atoms with Gasteiger partial charge in [-0.1, -0.05) is 406 Å². The number of H-pyrrole nitrogens is 2. The number of rotatable bonds is 44. The topological polar surface area (TPSA) is 57.4 Å². The van der Waals surface area contributed by atoms with E-state index in [1.54, 1.807) is 0 Å². The van der Waals surface area contributed by atoms with Gasteiger partial charge < -0.3 is 9.97 Å². The van der Waals surface area contributed by atoms with Crippen LogP contribution in [0.5, 0.6) is 0 Å². The summed E-state index contributed by atoms with van der Waals surface area (Å²) in [5.74, 6) is 0. The van der Waals surface area contributed by atoms with Crippen molar-refractivity contribution in [2.75, 3.05) is 0 Å². The third kappa shape index (κ3) is 16.5. The highest BCUT2D eigenvalue weighted by atomic mass is 14.8. The largest absolute Gasteiger partial charge is 0.354 e. The maximum atomic E-state index is 6.26. The fraction of sp³-hybridized carbons (Fsp3) is 0.433. The Labute approximate surface area is 745 Å². The van der Waals surface area contributed by atoms with Crippen molar-refractivity contribution in [3.63, 3.8) is 0 Å². The lowest BCUT2D eigenvalue weighted by Crippen LogP contribution is -2.25. The fourth-order valence-corrected chi connectivity index (χ4v) is 24.3. The van der Waals surface area contributed by atoms with Crippen molar-refractivity contribution in [2.24, 2.45) is 0 Å². The molecule has 11 aromatic rings. The van der Waals surface area contributed by atoms with Gasteiger partial charge in [-0.3, -0.25) is 0 Å². The molecule has 0 saturated carbocycles. The average molecular weight is 1640 g/mol. The molecule has 5 heterocycles. The molecule has 0 spiro atoms. The first kappa shape index (κ1) is 86.5. The quantitative estimate of drug-likeness (QED) is 0.0374. The Hall–Kier alpha value is -9.64. The molecular weight excluding hydrogens is 1500 g/mol. The number of unbranched alkanes of at least 4 members (excludes halogenated alkanes) is 24. The van der Waals surface area contributed by atoms with Gasteiger partial charge in [0.1, 0.15) is 0 Å². The van der Waals surface area contributed by atoms with Gasteiger partial charge in [-0.05, 0) is 235 Å². The van der Waals surface area contributed by atoms with E-state index in [1.807, 2.05) is 0 Å². The molecule has 0 unspecified atom stereocenters. The molecule has 6 aliphatic rings. The number of hydrogen-bond acceptors (Lipinski definition) is 2. The third-order valence-electron chi connectivity index (χ3n) is 30.6. The lowest BCUT2D eigenvalue weighted by molar-refractivity contribution is 0.401. The van der Waals surface area contributed by atoms with E-state index in [0.717, 1.165) is 118 Å². The molecule has 0 saturated heterocycles. The normalized spacial score (nSPS) is 14.6. The molecule has 124 heavy (non-hydrogen) atoms. The zero-order valence-electron chi connectivity index (χ0n) is 77.0. The predicted octanol–water partition coefficient (Wildman–Crippen LogP) is 36.2. The molecule has 642 valence electrons. The third-order valence-corrected chi connectivity index (χ3v) is 30.6. The number of aromatic amines is 2. The van der Waals surface area contributed by atoms with Gasteiger partial charge in [0.15, 0.2) is 0 Å². The van der Waals surface area contributed by atoms with Crippen molar-refractivity contribution < 1.29 is 0 Å². The van der Waals surface area contributed by atoms with Crippen LogP contribution >= 0.6 is 0 Å². The number of hydrogen-bond donors (Lipinski definition) is 2. The van der Waals surface area contributed by atoms with Gasteiger partial charge in [0.25, 0.3) is 0 Å². The Bertz CT molecular complexity index is 5070. The van der Waals surface area contributed by atoms with Gasteiger partial charge in [-0.2, -0.15) is 0 Å². The van der Waals surface area contributed by atoms with Crippen LogP contribution in [0.3, 0.4) is 0 Å². The molecule has 2 N–H and O–H groups in total. The maximum absolute atomic E-state index is 6.26. The zero-order valence-corrected chi connectivity index (χ0v) is 77.0. The summed E-state index contributed by atoms with van der Waals surface area (Å²) >= 11 is 0. The molecule has 0 atom stereocenters. The number of nitrogens with zero attached hydrogens (tertiary/aromatic N) is 2. The van der Waals surface area contributed by atoms with E-state index in [4.69, 9.17) is 9.97 Å². The number of aromatic nitrogens is 4. The minimum Gasteiger partial charge on any atom is -0.354 e. The maximum Gasteiger partial charge on any atom is 0.0737 e. The van der Waals surface area contributed by atoms with Crippen molar-refractivity contribution >= 4 is 46.4 Å². The highest BCUT2D eigenvalue weighted by molar-refractivity contribution is 6.02. The van der Waals surface area contributed by atoms with Crippen LogP contribution in [0.2, 0.25) is 0 Å². The van der Waals surface area contributed by atoms with E-state index in [0.29, 0.717) is 0 Å². The van der Waals surface area contributed by atoms with Gasteiger partial charge >= 0.3 is 0 Å². The Morgan fingerprint density at radius 3 is 0.573 bits per heavy atom. The summed E-state index contributed by atoms with van der Waals surface area (Å²) in [6, 6.07) is 78.5. The summed E-state index contributed by atoms with van der Waals surface area (Å²) < 4.78 is 0. The van der Waals surface area contributed by atoms with Gasteiger partial charge in [0, 0.05) is 66.0 Å². The van der Waals surface area contributed by atoms with Crippen LogP contribution < -0.4 is 0 Å². The molecule has 8 bridgehead atoms. The molecule has 0 amide bonds. The molecule has 4 aliphatic carbocycles. The van der Waals surface area contributed by atoms with E-state index in [1.165, 1.54) is 317 Å². The standard InChI is InChI=1S/C120H142N4/c1-9-17-25-41-73-117(74-42-26-18-10-2)97-53-37-33-49-89(97)93-61-57-85(81-101(93)117)113-105-65-67-107(121-105)114(86-58-62-94-90-50-34-38-54-98(90)118(102(94)82-86,75-43-27-19-11-3)76-44-28-20-12-4)109-69-71-111(123-109)116(88-60-64-96-92-52-36-40-56-100(92)120(104(96)84-88,79-47-31-23-15-7)80-48-32-24-16-8)112-72-70-110(124-112)115(108-68-66-106(113)122-108)87-59-63-95-91-51-35-39-55-99(91)119(103(95)83-87,77-45-29-21-13-5)78-46-30-22-14-6/h33-40,49-72,81-84,121,124H,9-32,41-48,73-80H2,1-8H3. The zero-order chi connectivity index (χ0) is 85.0. The van der Waals surface area contributed by atoms with Crippen LogP contribution in [-0.2, 0) is 21.7 Å². The van der Waals surface area contributed by atoms with Crippen LogP contribution in [0.25, 0.3) is 135 Å². The summed E-state index contributed by atoms with van der Waals surface area (Å²) in [4.78, 5) is 21.3. The summed E-state index contributed by atoms with van der Waals surface area (Å²) in [6.45, 7) is 18.9. The summed E-state index contributed by atoms with van der Waals surface area (Å²) in [5, 5.41) is 0. The van der Waals surface area contributed by atoms with Gasteiger partial charge in [-0.15, -0.1) is 0 Å². The molecular formula is C120H142N4. The van der Waals surface area contributed by atoms with E-state index in [9.17, 15) is 0 Å². The first-order chi connectivity index (χ1) is 61.1. The molecule has 8 aromatic carbocycles. The molecule has 0 fully saturated rings. The first-order valence-corrected chi connectivity index (χ1v) is 50.3. The van der Waals surface area contributed by atoms with Crippen LogP contribution in [0.4, 0.5) is 0 Å². The van der Waals surface area contributed by atoms with Crippen LogP contribution in [0.15, 0.2) is 194 Å². The van der Waals surface area contributed by atoms with Crippen LogP contribution in [0.1, 0.15) is 380 Å². The average Bonchev–Trinajstić information content (AvgIpc) is 1.58. The SMILES string of the molecule is CCCCCCC1(CCCCCC)c2ccccc2-c2ccc(-c3c4nc(c(-c5ccc6c(c5)C(CCCCCC)(CCCCCC)c5ccccc5-6)c5ccc([nH]5)c(-c5ccc6c(c5)C(CCCCCC)(CCCCCC)c5ccccc5-6)c5nc(c(-c6ccc7c(c6)C(CCCCCC)(CCCCCC)c6ccccc6-7)c6ccc3[nH]6)C=C5)C=C4)cc21. The highest BCUT2D eigenvalue weighted by Gasteiger charge is 2.47. The van der Waals surface area contributed by atoms with Gasteiger partial charge in [-0.25, -0.2) is 9.97 Å². The first-order valence-electron chi connectivity index (χ1n) is 50.3. The molecule has 2 aliphatic heterocycles. The summed E-state index contributed by atoms with van der Waals surface area (Å²) in [6.07, 6.45) is 58.3. The van der Waals surface area contributed by atoms with E-state index in [-0.39, 0.29) is 21.7 Å². The van der Waals surface area contributed by atoms with E-state index in [2.05, 4.69) is 284 Å². The minimum atomic E-state index is -0.114. The van der Waals surface area contributed by atoms with Gasteiger partial charge in [0.05, 0.1) is 22.8 Å². The lowest BCUT2D eigenvalue weighted by atomic mass is 9.70. The molecule has 17 rings (SSSR count). The smallest absolute Gasteiger partial charge is 0.0737 e. The second-order valence-corrected chi connectivity index (χ2v) is 38.5. The Morgan fingerprint density at radius 1 is 0.194 bits per heavy atom. The number of fused-ring (bicyclic) bond motifs is 20. The van der Waals surface area contributed by atoms with Crippen molar-refractivity contribution in [3.8, 4) is 89.0 Å². The van der Waals surface area contributed by atoms with Crippen LogP contribution in [-0.4, -0.2) is 19.9 Å². The van der Waals surface area contributed by atoms with Crippen molar-refractivity contribution in [2.45, 2.75) is 334 Å². The minimum absolute atomic E-state index is 0.114. The fourth-order valence-electron chi connectivity index (χ4n) is 24.3. The van der Waals surface area contributed by atoms with Crippen molar-refractivity contribution in [1.82, 2.24) is 19.9 Å². The Morgan fingerprint density at radius 2 is 0.379 bits per heavy atom. The predicted molar refractivity (Wildman–Crippen MR) is 536 cm³/mol. The molecule has 0 radical (unpaired) electrons. The second-order valence-electron chi connectivity index (χ2n) is 38.5. The monoisotopic (exact) mass is 1640 g/mol. The Kier molecular flexibility index (Phi) is 27.5. The summed E-state index contributed by atoms with van der Waals surface area (Å²) in [7, 11) is 0.